The molecule has 1 aromatic heterocycles. The van der Waals surface area contributed by atoms with E-state index in [1.54, 1.807) is 19.4 Å². The number of amides is 1. The number of carbonyl (C=O) groups excluding carboxylic acids is 1. The molecule has 0 radical (unpaired) electrons. The number of guanidine groups is 1. The molecule has 2 heterocycles. The standard InChI is InChI=1S/C22H31N5O2/c1-3-24-22(25-15-17-8-6-9-18(14-17)21(28)23-2)26-16-19(20-10-7-13-29-20)27-11-4-5-12-27/h6-10,13-14,19H,3-5,11-12,15-16H2,1-2H3,(H,23,28)(H2,24,25,26). The number of likely N-dealkylation sites (tertiary alicyclic amines) is 1. The average molecular weight is 398 g/mol. The minimum Gasteiger partial charge on any atom is -0.468 e. The summed E-state index contributed by atoms with van der Waals surface area (Å²) in [5, 5.41) is 9.42. The molecule has 2 aromatic rings. The predicted octanol–water partition coefficient (Wildman–Crippen LogP) is 2.53. The van der Waals surface area contributed by atoms with Gasteiger partial charge in [-0.1, -0.05) is 12.1 Å². The zero-order valence-corrected chi connectivity index (χ0v) is 17.3. The first kappa shape index (κ1) is 20.9. The second kappa shape index (κ2) is 10.7. The van der Waals surface area contributed by atoms with Crippen molar-refractivity contribution in [2.45, 2.75) is 32.4 Å². The lowest BCUT2D eigenvalue weighted by molar-refractivity contribution is 0.0963. The molecule has 7 heteroatoms. The summed E-state index contributed by atoms with van der Waals surface area (Å²) < 4.78 is 5.70. The van der Waals surface area contributed by atoms with Gasteiger partial charge in [-0.25, -0.2) is 4.99 Å². The van der Waals surface area contributed by atoms with E-state index in [4.69, 9.17) is 9.41 Å². The third-order valence-corrected chi connectivity index (χ3v) is 5.10. The van der Waals surface area contributed by atoms with Crippen LogP contribution in [0.1, 0.15) is 47.5 Å². The molecule has 1 unspecified atom stereocenters. The first-order valence-corrected chi connectivity index (χ1v) is 10.3. The number of carbonyl (C=O) groups is 1. The molecule has 29 heavy (non-hydrogen) atoms. The van der Waals surface area contributed by atoms with Crippen molar-refractivity contribution in [3.8, 4) is 0 Å². The van der Waals surface area contributed by atoms with Crippen LogP contribution >= 0.6 is 0 Å². The van der Waals surface area contributed by atoms with Crippen LogP contribution < -0.4 is 16.0 Å². The second-order valence-corrected chi connectivity index (χ2v) is 7.13. The Morgan fingerprint density at radius 1 is 1.21 bits per heavy atom. The highest BCUT2D eigenvalue weighted by molar-refractivity contribution is 5.94. The number of hydrogen-bond donors (Lipinski definition) is 3. The highest BCUT2D eigenvalue weighted by Gasteiger charge is 2.25. The van der Waals surface area contributed by atoms with Crippen molar-refractivity contribution in [1.29, 1.82) is 0 Å². The lowest BCUT2D eigenvalue weighted by Gasteiger charge is -2.26. The van der Waals surface area contributed by atoms with Crippen LogP contribution in [0.2, 0.25) is 0 Å². The van der Waals surface area contributed by atoms with Crippen molar-refractivity contribution in [2.75, 3.05) is 33.2 Å². The molecular weight excluding hydrogens is 366 g/mol. The number of benzene rings is 1. The molecule has 1 aliphatic rings. The Hall–Kier alpha value is -2.80. The summed E-state index contributed by atoms with van der Waals surface area (Å²) >= 11 is 0. The van der Waals surface area contributed by atoms with Gasteiger partial charge in [-0.3, -0.25) is 9.69 Å². The molecule has 1 saturated heterocycles. The summed E-state index contributed by atoms with van der Waals surface area (Å²) in [6.45, 7) is 6.22. The van der Waals surface area contributed by atoms with Crippen LogP contribution in [-0.2, 0) is 6.54 Å². The van der Waals surface area contributed by atoms with Crippen LogP contribution in [0.25, 0.3) is 0 Å². The summed E-state index contributed by atoms with van der Waals surface area (Å²) in [7, 11) is 1.64. The van der Waals surface area contributed by atoms with Crippen LogP contribution in [0.15, 0.2) is 52.1 Å². The summed E-state index contributed by atoms with van der Waals surface area (Å²) in [4.78, 5) is 19.0. The molecule has 0 spiro atoms. The first-order chi connectivity index (χ1) is 14.2. The molecule has 3 rings (SSSR count). The zero-order chi connectivity index (χ0) is 20.5. The number of hydrogen-bond acceptors (Lipinski definition) is 4. The Kier molecular flexibility index (Phi) is 7.69. The second-order valence-electron chi connectivity index (χ2n) is 7.13. The quantitative estimate of drug-likeness (QED) is 0.471. The van der Waals surface area contributed by atoms with Crippen molar-refractivity contribution >= 4 is 11.9 Å². The molecular formula is C22H31N5O2. The molecule has 0 bridgehead atoms. The lowest BCUT2D eigenvalue weighted by Crippen LogP contribution is -2.42. The van der Waals surface area contributed by atoms with E-state index in [-0.39, 0.29) is 11.9 Å². The number of aliphatic imine (C=N–C) groups is 1. The Morgan fingerprint density at radius 2 is 2.03 bits per heavy atom. The smallest absolute Gasteiger partial charge is 0.251 e. The molecule has 1 fully saturated rings. The largest absolute Gasteiger partial charge is 0.468 e. The zero-order valence-electron chi connectivity index (χ0n) is 17.3. The summed E-state index contributed by atoms with van der Waals surface area (Å²) in [5.41, 5.74) is 1.63. The van der Waals surface area contributed by atoms with E-state index in [2.05, 4.69) is 20.9 Å². The van der Waals surface area contributed by atoms with Gasteiger partial charge >= 0.3 is 0 Å². The van der Waals surface area contributed by atoms with Gasteiger partial charge in [0.25, 0.3) is 5.91 Å². The van der Waals surface area contributed by atoms with E-state index in [1.165, 1.54) is 12.8 Å². The van der Waals surface area contributed by atoms with Crippen molar-refractivity contribution in [1.82, 2.24) is 20.9 Å². The molecule has 7 nitrogen and oxygen atoms in total. The average Bonchev–Trinajstić information content (AvgIpc) is 3.46. The Labute approximate surface area is 172 Å². The van der Waals surface area contributed by atoms with Crippen molar-refractivity contribution < 1.29 is 9.21 Å². The van der Waals surface area contributed by atoms with Crippen LogP contribution in [0.4, 0.5) is 0 Å². The van der Waals surface area contributed by atoms with Gasteiger partial charge in [0.05, 0.1) is 18.8 Å². The topological polar surface area (TPSA) is 81.9 Å². The number of nitrogens with one attached hydrogen (secondary N) is 3. The van der Waals surface area contributed by atoms with Gasteiger partial charge < -0.3 is 20.4 Å². The van der Waals surface area contributed by atoms with E-state index in [1.807, 2.05) is 37.3 Å². The van der Waals surface area contributed by atoms with E-state index in [0.717, 1.165) is 43.5 Å². The van der Waals surface area contributed by atoms with Crippen LogP contribution in [0.5, 0.6) is 0 Å². The normalized spacial score (nSPS) is 15.9. The maximum atomic E-state index is 11.8. The SMILES string of the molecule is CCNC(=NCc1cccc(C(=O)NC)c1)NCC(c1ccco1)N1CCCC1. The van der Waals surface area contributed by atoms with Crippen LogP contribution in [0.3, 0.4) is 0 Å². The predicted molar refractivity (Wildman–Crippen MR) is 115 cm³/mol. The fourth-order valence-corrected chi connectivity index (χ4v) is 3.60. The minimum atomic E-state index is -0.0900. The van der Waals surface area contributed by atoms with Gasteiger partial charge in [-0.15, -0.1) is 0 Å². The van der Waals surface area contributed by atoms with E-state index >= 15 is 0 Å². The molecule has 1 aliphatic heterocycles. The molecule has 1 atom stereocenters. The molecule has 0 aliphatic carbocycles. The highest BCUT2D eigenvalue weighted by atomic mass is 16.3. The Balaban J connectivity index is 1.66. The maximum Gasteiger partial charge on any atom is 0.251 e. The fraction of sp³-hybridized carbons (Fsp3) is 0.455. The summed E-state index contributed by atoms with van der Waals surface area (Å²) in [6, 6.07) is 11.7. The van der Waals surface area contributed by atoms with Gasteiger partial charge in [0.15, 0.2) is 5.96 Å². The van der Waals surface area contributed by atoms with Crippen molar-refractivity contribution in [2.24, 2.45) is 4.99 Å². The van der Waals surface area contributed by atoms with Crippen LogP contribution in [0, 0.1) is 0 Å². The third-order valence-electron chi connectivity index (χ3n) is 5.10. The Bertz CT molecular complexity index is 797. The molecule has 156 valence electrons. The summed E-state index contributed by atoms with van der Waals surface area (Å²) in [6.07, 6.45) is 4.19. The molecule has 3 N–H and O–H groups in total. The number of nitrogens with zero attached hydrogens (tertiary/aromatic N) is 2. The third kappa shape index (κ3) is 5.84. The molecule has 0 saturated carbocycles. The minimum absolute atomic E-state index is 0.0900. The van der Waals surface area contributed by atoms with Gasteiger partial charge in [-0.2, -0.15) is 0 Å². The lowest BCUT2D eigenvalue weighted by atomic mass is 10.1. The molecule has 1 amide bonds. The van der Waals surface area contributed by atoms with Gasteiger partial charge in [0.2, 0.25) is 0 Å². The monoisotopic (exact) mass is 397 g/mol. The van der Waals surface area contributed by atoms with Gasteiger partial charge in [-0.05, 0) is 62.7 Å². The Morgan fingerprint density at radius 3 is 2.72 bits per heavy atom. The van der Waals surface area contributed by atoms with Crippen molar-refractivity contribution in [3.05, 3.63) is 59.5 Å². The van der Waals surface area contributed by atoms with E-state index < -0.39 is 0 Å². The molecule has 1 aromatic carbocycles. The fourth-order valence-electron chi connectivity index (χ4n) is 3.60. The first-order valence-electron chi connectivity index (χ1n) is 10.3. The highest BCUT2D eigenvalue weighted by Crippen LogP contribution is 2.24. The number of furan rings is 1. The van der Waals surface area contributed by atoms with E-state index in [9.17, 15) is 4.79 Å². The van der Waals surface area contributed by atoms with E-state index in [0.29, 0.717) is 12.1 Å². The van der Waals surface area contributed by atoms with Crippen LogP contribution in [-0.4, -0.2) is 50.0 Å². The summed E-state index contributed by atoms with van der Waals surface area (Å²) in [5.74, 6) is 1.65. The van der Waals surface area contributed by atoms with Gasteiger partial charge in [0, 0.05) is 25.7 Å². The number of rotatable bonds is 8. The maximum absolute atomic E-state index is 11.8. The van der Waals surface area contributed by atoms with Gasteiger partial charge in [0.1, 0.15) is 5.76 Å². The van der Waals surface area contributed by atoms with Crippen molar-refractivity contribution in [3.63, 3.8) is 0 Å².